The van der Waals surface area contributed by atoms with Gasteiger partial charge in [-0.25, -0.2) is 0 Å². The van der Waals surface area contributed by atoms with E-state index in [0.29, 0.717) is 10.6 Å². The van der Waals surface area contributed by atoms with Gasteiger partial charge in [0, 0.05) is 24.3 Å². The van der Waals surface area contributed by atoms with E-state index in [2.05, 4.69) is 10.3 Å². The summed E-state index contributed by atoms with van der Waals surface area (Å²) in [6.45, 7) is 1.91. The maximum atomic E-state index is 11.6. The summed E-state index contributed by atoms with van der Waals surface area (Å²) < 4.78 is 0. The summed E-state index contributed by atoms with van der Waals surface area (Å²) in [7, 11) is 0. The van der Waals surface area contributed by atoms with Crippen LogP contribution in [0.4, 0.5) is 4.79 Å². The van der Waals surface area contributed by atoms with Gasteiger partial charge in [-0.3, -0.25) is 9.78 Å². The Morgan fingerprint density at radius 1 is 1.41 bits per heavy atom. The zero-order valence-electron chi connectivity index (χ0n) is 9.12. The Morgan fingerprint density at radius 3 is 2.71 bits per heavy atom. The van der Waals surface area contributed by atoms with Crippen LogP contribution in [0.2, 0.25) is 5.02 Å². The first-order valence-electron chi connectivity index (χ1n) is 4.86. The van der Waals surface area contributed by atoms with Crippen molar-refractivity contribution in [3.8, 4) is 0 Å². The van der Waals surface area contributed by atoms with Crippen LogP contribution in [0.3, 0.4) is 0 Å². The number of halogens is 1. The summed E-state index contributed by atoms with van der Waals surface area (Å²) in [5.74, 6) is -0.398. The van der Waals surface area contributed by atoms with Crippen molar-refractivity contribution in [2.45, 2.75) is 6.92 Å². The number of carbonyl (C=O) groups excluding carboxylic acids is 2. The van der Waals surface area contributed by atoms with Crippen LogP contribution in [-0.4, -0.2) is 30.1 Å². The molecular formula is C10H11ClN3O3-. The zero-order valence-corrected chi connectivity index (χ0v) is 9.87. The number of nitrogens with one attached hydrogen (secondary N) is 2. The van der Waals surface area contributed by atoms with Crippen molar-refractivity contribution in [3.05, 3.63) is 28.5 Å². The predicted octanol–water partition coefficient (Wildman–Crippen LogP) is -0.294. The van der Waals surface area contributed by atoms with Crippen LogP contribution in [0.15, 0.2) is 12.3 Å². The highest BCUT2D eigenvalue weighted by atomic mass is 35.5. The minimum Gasteiger partial charge on any atom is -0.530 e. The number of amides is 2. The third-order valence-electron chi connectivity index (χ3n) is 2.03. The Hall–Kier alpha value is -1.82. The number of pyridine rings is 1. The van der Waals surface area contributed by atoms with Gasteiger partial charge in [0.2, 0.25) is 0 Å². The van der Waals surface area contributed by atoms with E-state index in [9.17, 15) is 14.7 Å². The number of hydrogen-bond acceptors (Lipinski definition) is 4. The fraction of sp³-hybridized carbons (Fsp3) is 0.300. The van der Waals surface area contributed by atoms with Gasteiger partial charge in [-0.1, -0.05) is 11.6 Å². The number of carbonyl (C=O) groups is 2. The van der Waals surface area contributed by atoms with Gasteiger partial charge in [0.25, 0.3) is 5.91 Å². The molecule has 0 saturated heterocycles. The van der Waals surface area contributed by atoms with Crippen LogP contribution < -0.4 is 15.7 Å². The lowest BCUT2D eigenvalue weighted by molar-refractivity contribution is -0.250. The van der Waals surface area contributed by atoms with Crippen molar-refractivity contribution in [1.82, 2.24) is 15.6 Å². The number of aromatic nitrogens is 1. The quantitative estimate of drug-likeness (QED) is 0.724. The summed E-state index contributed by atoms with van der Waals surface area (Å²) >= 11 is 5.84. The van der Waals surface area contributed by atoms with Crippen LogP contribution in [0.1, 0.15) is 16.1 Å². The highest BCUT2D eigenvalue weighted by Gasteiger charge is 2.11. The van der Waals surface area contributed by atoms with E-state index in [1.807, 2.05) is 5.32 Å². The Morgan fingerprint density at radius 2 is 2.06 bits per heavy atom. The van der Waals surface area contributed by atoms with Crippen LogP contribution >= 0.6 is 11.6 Å². The summed E-state index contributed by atoms with van der Waals surface area (Å²) in [6.07, 6.45) is 0.0558. The van der Waals surface area contributed by atoms with Crippen molar-refractivity contribution in [2.75, 3.05) is 13.1 Å². The minimum absolute atomic E-state index is 0.0771. The Bertz CT molecular complexity index is 437. The first-order chi connectivity index (χ1) is 8.02. The summed E-state index contributed by atoms with van der Waals surface area (Å²) in [5.41, 5.74) is 0.811. The topological polar surface area (TPSA) is 94.2 Å². The molecular weight excluding hydrogens is 246 g/mol. The van der Waals surface area contributed by atoms with Crippen molar-refractivity contribution in [2.24, 2.45) is 0 Å². The summed E-state index contributed by atoms with van der Waals surface area (Å²) in [6, 6.07) is 1.59. The standard InChI is InChI=1S/C10H12ClN3O3/c1-6-7(11)2-3-12-8(6)9(15)13-4-5-14-10(16)17/h2-3,14H,4-5H2,1H3,(H,13,15)(H,16,17)/p-1. The van der Waals surface area contributed by atoms with E-state index in [0.717, 1.165) is 0 Å². The van der Waals surface area contributed by atoms with Gasteiger partial charge in [0.05, 0.1) is 0 Å². The highest BCUT2D eigenvalue weighted by Crippen LogP contribution is 2.16. The molecule has 0 aromatic carbocycles. The third-order valence-corrected chi connectivity index (χ3v) is 2.44. The van der Waals surface area contributed by atoms with Crippen molar-refractivity contribution in [3.63, 3.8) is 0 Å². The lowest BCUT2D eigenvalue weighted by atomic mass is 10.2. The van der Waals surface area contributed by atoms with E-state index in [4.69, 9.17) is 11.6 Å². The molecule has 0 fully saturated rings. The molecule has 0 aliphatic heterocycles. The summed E-state index contributed by atoms with van der Waals surface area (Å²) in [5, 5.41) is 15.0. The van der Waals surface area contributed by atoms with E-state index >= 15 is 0 Å². The Balaban J connectivity index is 2.53. The zero-order chi connectivity index (χ0) is 12.8. The molecule has 0 aliphatic rings. The highest BCUT2D eigenvalue weighted by molar-refractivity contribution is 6.31. The Labute approximate surface area is 103 Å². The molecule has 0 aliphatic carbocycles. The molecule has 1 aromatic rings. The molecule has 0 atom stereocenters. The van der Waals surface area contributed by atoms with Gasteiger partial charge < -0.3 is 20.5 Å². The van der Waals surface area contributed by atoms with Crippen LogP contribution in [0.5, 0.6) is 0 Å². The second-order valence-electron chi connectivity index (χ2n) is 3.24. The lowest BCUT2D eigenvalue weighted by Gasteiger charge is -2.09. The SMILES string of the molecule is Cc1c(Cl)ccnc1C(=O)NCCNC(=O)[O-]. The van der Waals surface area contributed by atoms with Gasteiger partial charge in [0.15, 0.2) is 0 Å². The molecule has 1 aromatic heterocycles. The molecule has 1 heterocycles. The first-order valence-corrected chi connectivity index (χ1v) is 5.24. The molecule has 0 saturated carbocycles. The van der Waals surface area contributed by atoms with E-state index < -0.39 is 12.0 Å². The maximum Gasteiger partial charge on any atom is 0.270 e. The predicted molar refractivity (Wildman–Crippen MR) is 59.7 cm³/mol. The third kappa shape index (κ3) is 3.92. The average molecular weight is 257 g/mol. The maximum absolute atomic E-state index is 11.6. The van der Waals surface area contributed by atoms with Gasteiger partial charge in [0.1, 0.15) is 11.8 Å². The van der Waals surface area contributed by atoms with Gasteiger partial charge in [-0.05, 0) is 18.6 Å². The first kappa shape index (κ1) is 13.2. The minimum atomic E-state index is -1.38. The van der Waals surface area contributed by atoms with Crippen molar-refractivity contribution in [1.29, 1.82) is 0 Å². The molecule has 0 bridgehead atoms. The molecule has 7 heteroatoms. The molecule has 0 unspecified atom stereocenters. The number of hydrogen-bond donors (Lipinski definition) is 2. The molecule has 17 heavy (non-hydrogen) atoms. The molecule has 92 valence electrons. The number of rotatable bonds is 4. The monoisotopic (exact) mass is 256 g/mol. The van der Waals surface area contributed by atoms with Gasteiger partial charge in [-0.2, -0.15) is 0 Å². The van der Waals surface area contributed by atoms with E-state index in [1.165, 1.54) is 6.20 Å². The second-order valence-corrected chi connectivity index (χ2v) is 3.64. The van der Waals surface area contributed by atoms with Gasteiger partial charge >= 0.3 is 0 Å². The molecule has 2 N–H and O–H groups in total. The van der Waals surface area contributed by atoms with E-state index in [-0.39, 0.29) is 18.8 Å². The van der Waals surface area contributed by atoms with E-state index in [1.54, 1.807) is 13.0 Å². The van der Waals surface area contributed by atoms with Crippen molar-refractivity contribution < 1.29 is 14.7 Å². The fourth-order valence-electron chi connectivity index (χ4n) is 1.17. The number of nitrogens with zero attached hydrogens (tertiary/aromatic N) is 1. The summed E-state index contributed by atoms with van der Waals surface area (Å²) in [4.78, 5) is 25.6. The van der Waals surface area contributed by atoms with Crippen LogP contribution in [0.25, 0.3) is 0 Å². The normalized spacial score (nSPS) is 9.76. The molecule has 0 spiro atoms. The second kappa shape index (κ2) is 6.05. The fourth-order valence-corrected chi connectivity index (χ4v) is 1.31. The number of carboxylic acid groups (broad SMARTS) is 1. The molecule has 0 radical (unpaired) electrons. The van der Waals surface area contributed by atoms with Gasteiger partial charge in [-0.15, -0.1) is 0 Å². The van der Waals surface area contributed by atoms with Crippen LogP contribution in [-0.2, 0) is 0 Å². The van der Waals surface area contributed by atoms with Crippen molar-refractivity contribution >= 4 is 23.6 Å². The van der Waals surface area contributed by atoms with Crippen LogP contribution in [0, 0.1) is 6.92 Å². The molecule has 6 nitrogen and oxygen atoms in total. The largest absolute Gasteiger partial charge is 0.530 e. The molecule has 2 amide bonds. The Kier molecular flexibility index (Phi) is 4.71. The molecule has 1 rings (SSSR count). The smallest absolute Gasteiger partial charge is 0.270 e. The average Bonchev–Trinajstić information content (AvgIpc) is 2.27. The lowest BCUT2D eigenvalue weighted by Crippen LogP contribution is -2.41.